The van der Waals surface area contributed by atoms with E-state index in [1.165, 1.54) is 0 Å². The Hall–Kier alpha value is -4.42. The molecule has 5 rings (SSSR count). The van der Waals surface area contributed by atoms with E-state index in [1.54, 1.807) is 43.4 Å². The molecule has 0 unspecified atom stereocenters. The standard InChI is InChI=1S/C27H23N7OS/c1-16-11-19(20-14-29-27(35-4)30-15-20)12-17(2)24(16)36-25-23-22(9-10-34(23)3)32-26(33-25)31-21-7-5-18(13-28)6-8-21/h5-12,14-15H,1-4H3,(H,31,32,33). The van der Waals surface area contributed by atoms with Crippen molar-refractivity contribution in [3.63, 3.8) is 0 Å². The van der Waals surface area contributed by atoms with Crippen LogP contribution in [-0.2, 0) is 7.05 Å². The summed E-state index contributed by atoms with van der Waals surface area (Å²) in [6.45, 7) is 4.20. The second-order valence-electron chi connectivity index (χ2n) is 8.33. The number of nitriles is 1. The number of aryl methyl sites for hydroxylation is 3. The van der Waals surface area contributed by atoms with Gasteiger partial charge in [-0.05, 0) is 60.9 Å². The van der Waals surface area contributed by atoms with E-state index >= 15 is 0 Å². The molecule has 0 aliphatic heterocycles. The Kier molecular flexibility index (Phi) is 6.27. The molecule has 0 fully saturated rings. The molecule has 1 N–H and O–H groups in total. The quantitative estimate of drug-likeness (QED) is 0.295. The Balaban J connectivity index is 1.50. The lowest BCUT2D eigenvalue weighted by Crippen LogP contribution is -2.01. The summed E-state index contributed by atoms with van der Waals surface area (Å²) in [7, 11) is 3.55. The lowest BCUT2D eigenvalue weighted by molar-refractivity contribution is 0.380. The van der Waals surface area contributed by atoms with Gasteiger partial charge in [0.15, 0.2) is 0 Å². The van der Waals surface area contributed by atoms with Gasteiger partial charge in [-0.1, -0.05) is 23.9 Å². The van der Waals surface area contributed by atoms with Crippen LogP contribution < -0.4 is 10.1 Å². The molecular formula is C27H23N7OS. The van der Waals surface area contributed by atoms with Gasteiger partial charge in [-0.15, -0.1) is 0 Å². The molecule has 5 aromatic rings. The number of ether oxygens (including phenoxy) is 1. The Morgan fingerprint density at radius 2 is 1.67 bits per heavy atom. The van der Waals surface area contributed by atoms with Crippen LogP contribution >= 0.6 is 11.8 Å². The number of hydrogen-bond donors (Lipinski definition) is 1. The molecule has 3 heterocycles. The summed E-state index contributed by atoms with van der Waals surface area (Å²) in [6.07, 6.45) is 5.53. The number of hydrogen-bond acceptors (Lipinski definition) is 8. The lowest BCUT2D eigenvalue weighted by Gasteiger charge is -2.14. The number of aromatic nitrogens is 5. The minimum absolute atomic E-state index is 0.347. The van der Waals surface area contributed by atoms with E-state index in [4.69, 9.17) is 20.0 Å². The molecule has 2 aromatic carbocycles. The molecule has 0 saturated carbocycles. The van der Waals surface area contributed by atoms with Gasteiger partial charge in [-0.3, -0.25) is 0 Å². The number of nitrogens with zero attached hydrogens (tertiary/aromatic N) is 6. The van der Waals surface area contributed by atoms with Gasteiger partial charge in [0, 0.05) is 41.8 Å². The number of nitrogens with one attached hydrogen (secondary N) is 1. The molecule has 36 heavy (non-hydrogen) atoms. The second kappa shape index (κ2) is 9.68. The van der Waals surface area contributed by atoms with Crippen molar-refractivity contribution in [2.45, 2.75) is 23.8 Å². The first-order valence-corrected chi connectivity index (χ1v) is 12.0. The molecule has 8 nitrogen and oxygen atoms in total. The molecule has 3 aromatic heterocycles. The summed E-state index contributed by atoms with van der Waals surface area (Å²) in [6, 6.07) is 16.0. The van der Waals surface area contributed by atoms with E-state index in [-0.39, 0.29) is 0 Å². The van der Waals surface area contributed by atoms with Crippen LogP contribution in [0.5, 0.6) is 6.01 Å². The molecule has 0 radical (unpaired) electrons. The van der Waals surface area contributed by atoms with Crippen molar-refractivity contribution in [1.82, 2.24) is 24.5 Å². The van der Waals surface area contributed by atoms with Gasteiger partial charge in [0.25, 0.3) is 0 Å². The van der Waals surface area contributed by atoms with Crippen molar-refractivity contribution < 1.29 is 4.74 Å². The fourth-order valence-corrected chi connectivity index (χ4v) is 5.10. The maximum absolute atomic E-state index is 9.05. The minimum Gasteiger partial charge on any atom is -0.467 e. The highest BCUT2D eigenvalue weighted by Crippen LogP contribution is 2.38. The van der Waals surface area contributed by atoms with E-state index in [2.05, 4.69) is 47.3 Å². The number of anilines is 2. The van der Waals surface area contributed by atoms with Crippen molar-refractivity contribution >= 4 is 34.4 Å². The molecule has 0 aliphatic carbocycles. The van der Waals surface area contributed by atoms with Crippen LogP contribution in [0.1, 0.15) is 16.7 Å². The zero-order chi connectivity index (χ0) is 25.2. The molecule has 0 aliphatic rings. The molecule has 0 bridgehead atoms. The second-order valence-corrected chi connectivity index (χ2v) is 9.33. The summed E-state index contributed by atoms with van der Waals surface area (Å²) in [4.78, 5) is 19.2. The van der Waals surface area contributed by atoms with Crippen molar-refractivity contribution in [3.05, 3.63) is 77.7 Å². The highest BCUT2D eigenvalue weighted by molar-refractivity contribution is 7.99. The van der Waals surface area contributed by atoms with E-state index in [9.17, 15) is 0 Å². The Labute approximate surface area is 213 Å². The van der Waals surface area contributed by atoms with Crippen LogP contribution in [0.3, 0.4) is 0 Å². The van der Waals surface area contributed by atoms with Crippen molar-refractivity contribution in [3.8, 4) is 23.2 Å². The summed E-state index contributed by atoms with van der Waals surface area (Å²) < 4.78 is 7.11. The Morgan fingerprint density at radius 1 is 0.972 bits per heavy atom. The largest absolute Gasteiger partial charge is 0.467 e. The average Bonchev–Trinajstić information content (AvgIpc) is 3.27. The number of fused-ring (bicyclic) bond motifs is 1. The van der Waals surface area contributed by atoms with Crippen LogP contribution in [0.15, 0.2) is 71.0 Å². The van der Waals surface area contributed by atoms with Gasteiger partial charge >= 0.3 is 6.01 Å². The van der Waals surface area contributed by atoms with Gasteiger partial charge < -0.3 is 14.6 Å². The number of methoxy groups -OCH3 is 1. The molecule has 0 spiro atoms. The van der Waals surface area contributed by atoms with Gasteiger partial charge in [0.05, 0.1) is 29.8 Å². The van der Waals surface area contributed by atoms with E-state index in [0.717, 1.165) is 48.9 Å². The molecule has 0 atom stereocenters. The van der Waals surface area contributed by atoms with E-state index in [1.807, 2.05) is 36.0 Å². The Morgan fingerprint density at radius 3 is 2.31 bits per heavy atom. The van der Waals surface area contributed by atoms with Crippen molar-refractivity contribution in [2.75, 3.05) is 12.4 Å². The van der Waals surface area contributed by atoms with Crippen LogP contribution in [0.2, 0.25) is 0 Å². The first-order chi connectivity index (χ1) is 17.4. The summed E-state index contributed by atoms with van der Waals surface area (Å²) in [5.74, 6) is 0.503. The Bertz CT molecular complexity index is 1580. The average molecular weight is 494 g/mol. The van der Waals surface area contributed by atoms with Crippen molar-refractivity contribution in [1.29, 1.82) is 5.26 Å². The summed E-state index contributed by atoms with van der Waals surface area (Å²) >= 11 is 1.62. The van der Waals surface area contributed by atoms with Gasteiger partial charge in [-0.25, -0.2) is 19.9 Å². The highest BCUT2D eigenvalue weighted by atomic mass is 32.2. The lowest BCUT2D eigenvalue weighted by atomic mass is 10.0. The van der Waals surface area contributed by atoms with Crippen LogP contribution in [0.4, 0.5) is 11.6 Å². The molecule has 178 valence electrons. The highest BCUT2D eigenvalue weighted by Gasteiger charge is 2.16. The maximum atomic E-state index is 9.05. The SMILES string of the molecule is COc1ncc(-c2cc(C)c(Sc3nc(Nc4ccc(C#N)cc4)nc4ccn(C)c34)c(C)c2)cn1. The van der Waals surface area contributed by atoms with Crippen LogP contribution in [0, 0.1) is 25.2 Å². The normalized spacial score (nSPS) is 10.9. The molecule has 9 heteroatoms. The first kappa shape index (κ1) is 23.3. The zero-order valence-electron chi connectivity index (χ0n) is 20.3. The number of rotatable bonds is 6. The topological polar surface area (TPSA) is 102 Å². The summed E-state index contributed by atoms with van der Waals surface area (Å²) in [5.41, 5.74) is 7.49. The first-order valence-electron chi connectivity index (χ1n) is 11.2. The molecule has 0 saturated heterocycles. The van der Waals surface area contributed by atoms with Crippen LogP contribution in [-0.4, -0.2) is 31.6 Å². The maximum Gasteiger partial charge on any atom is 0.316 e. The molecular weight excluding hydrogens is 470 g/mol. The fraction of sp³-hybridized carbons (Fsp3) is 0.148. The van der Waals surface area contributed by atoms with E-state index in [0.29, 0.717) is 17.5 Å². The number of benzene rings is 2. The third kappa shape index (κ3) is 4.59. The van der Waals surface area contributed by atoms with E-state index < -0.39 is 0 Å². The van der Waals surface area contributed by atoms with Crippen LogP contribution in [0.25, 0.3) is 22.2 Å². The predicted octanol–water partition coefficient (Wildman–Crippen LogP) is 5.82. The van der Waals surface area contributed by atoms with Gasteiger partial charge in [0.2, 0.25) is 5.95 Å². The fourth-order valence-electron chi connectivity index (χ4n) is 3.98. The molecule has 0 amide bonds. The van der Waals surface area contributed by atoms with Crippen molar-refractivity contribution in [2.24, 2.45) is 7.05 Å². The smallest absolute Gasteiger partial charge is 0.316 e. The zero-order valence-corrected chi connectivity index (χ0v) is 21.1. The van der Waals surface area contributed by atoms with Gasteiger partial charge in [-0.2, -0.15) is 5.26 Å². The third-order valence-electron chi connectivity index (χ3n) is 5.76. The summed E-state index contributed by atoms with van der Waals surface area (Å²) in [5, 5.41) is 13.2. The van der Waals surface area contributed by atoms with Gasteiger partial charge in [0.1, 0.15) is 5.03 Å². The predicted molar refractivity (Wildman–Crippen MR) is 141 cm³/mol. The minimum atomic E-state index is 0.347. The monoisotopic (exact) mass is 493 g/mol. The third-order valence-corrected chi connectivity index (χ3v) is 7.09.